The Hall–Kier alpha value is -1.32. The lowest BCUT2D eigenvalue weighted by Crippen LogP contribution is -1.90. The number of alkyl halides is 1. The molecule has 0 amide bonds. The van der Waals surface area contributed by atoms with Gasteiger partial charge in [0.2, 0.25) is 5.88 Å². The molecule has 1 aromatic heterocycles. The van der Waals surface area contributed by atoms with Gasteiger partial charge in [-0.1, -0.05) is 17.7 Å². The molecule has 0 aliphatic heterocycles. The Balaban J connectivity index is 2.19. The maximum absolute atomic E-state index is 12.8. The summed E-state index contributed by atoms with van der Waals surface area (Å²) < 4.78 is 18.2. The molecule has 0 unspecified atom stereocenters. The first-order valence-corrected chi connectivity index (χ1v) is 5.74. The van der Waals surface area contributed by atoms with Gasteiger partial charge in [0.1, 0.15) is 11.6 Å². The molecule has 0 fully saturated rings. The van der Waals surface area contributed by atoms with Crippen LogP contribution >= 0.6 is 23.2 Å². The average Bonchev–Trinajstić information content (AvgIpc) is 2.34. The highest BCUT2D eigenvalue weighted by Crippen LogP contribution is 2.28. The average molecular weight is 272 g/mol. The number of hydrogen-bond acceptors (Lipinski definition) is 2. The molecule has 0 radical (unpaired) electrons. The third-order valence-corrected chi connectivity index (χ3v) is 2.66. The van der Waals surface area contributed by atoms with E-state index in [0.717, 1.165) is 5.56 Å². The van der Waals surface area contributed by atoms with Crippen LogP contribution < -0.4 is 4.74 Å². The molecule has 0 spiro atoms. The minimum atomic E-state index is -0.409. The van der Waals surface area contributed by atoms with Crippen LogP contribution in [-0.4, -0.2) is 4.98 Å². The Kier molecular flexibility index (Phi) is 3.82. The normalized spacial score (nSPS) is 10.3. The highest BCUT2D eigenvalue weighted by molar-refractivity contribution is 6.32. The lowest BCUT2D eigenvalue weighted by molar-refractivity contribution is 0.461. The van der Waals surface area contributed by atoms with Crippen molar-refractivity contribution in [3.8, 4) is 11.6 Å². The molecule has 0 aliphatic rings. The van der Waals surface area contributed by atoms with E-state index >= 15 is 0 Å². The summed E-state index contributed by atoms with van der Waals surface area (Å²) in [5.74, 6) is 0.726. The zero-order valence-corrected chi connectivity index (χ0v) is 10.2. The zero-order valence-electron chi connectivity index (χ0n) is 8.66. The van der Waals surface area contributed by atoms with Gasteiger partial charge in [-0.05, 0) is 23.8 Å². The van der Waals surface area contributed by atoms with Crippen molar-refractivity contribution < 1.29 is 9.13 Å². The van der Waals surface area contributed by atoms with E-state index in [1.165, 1.54) is 18.2 Å². The summed E-state index contributed by atoms with van der Waals surface area (Å²) in [5, 5.41) is 0.202. The second-order valence-corrected chi connectivity index (χ2v) is 3.99. The second-order valence-electron chi connectivity index (χ2n) is 3.32. The number of aromatic nitrogens is 1. The standard InChI is InChI=1S/C12H8Cl2FNO/c13-6-8-1-4-12(16-7-8)17-11-3-2-9(15)5-10(11)14/h1-5,7H,6H2. The summed E-state index contributed by atoms with van der Waals surface area (Å²) in [6.07, 6.45) is 1.61. The van der Waals surface area contributed by atoms with Crippen LogP contribution in [0.15, 0.2) is 36.5 Å². The maximum Gasteiger partial charge on any atom is 0.219 e. The molecule has 1 heterocycles. The molecule has 0 saturated heterocycles. The number of hydrogen-bond donors (Lipinski definition) is 0. The van der Waals surface area contributed by atoms with E-state index in [0.29, 0.717) is 17.5 Å². The van der Waals surface area contributed by atoms with Crippen molar-refractivity contribution in [2.24, 2.45) is 0 Å². The van der Waals surface area contributed by atoms with Gasteiger partial charge in [0.25, 0.3) is 0 Å². The number of ether oxygens (including phenoxy) is 1. The van der Waals surface area contributed by atoms with Gasteiger partial charge in [-0.3, -0.25) is 0 Å². The molecule has 2 nitrogen and oxygen atoms in total. The van der Waals surface area contributed by atoms with Gasteiger partial charge in [0.15, 0.2) is 0 Å². The first-order chi connectivity index (χ1) is 8.19. The Labute approximate surface area is 108 Å². The van der Waals surface area contributed by atoms with Crippen LogP contribution in [0.1, 0.15) is 5.56 Å². The zero-order chi connectivity index (χ0) is 12.3. The van der Waals surface area contributed by atoms with Gasteiger partial charge in [-0.15, -0.1) is 11.6 Å². The predicted octanol–water partition coefficient (Wildman–Crippen LogP) is 4.41. The fourth-order valence-electron chi connectivity index (χ4n) is 1.22. The first kappa shape index (κ1) is 12.1. The quantitative estimate of drug-likeness (QED) is 0.772. The van der Waals surface area contributed by atoms with Crippen molar-refractivity contribution in [2.75, 3.05) is 0 Å². The Bertz CT molecular complexity index is 516. The molecular weight excluding hydrogens is 264 g/mol. The monoisotopic (exact) mass is 271 g/mol. The Morgan fingerprint density at radius 2 is 2.06 bits per heavy atom. The molecule has 0 saturated carbocycles. The van der Waals surface area contributed by atoms with E-state index in [1.54, 1.807) is 18.3 Å². The van der Waals surface area contributed by atoms with Gasteiger partial charge in [0.05, 0.1) is 5.02 Å². The Morgan fingerprint density at radius 1 is 1.24 bits per heavy atom. The van der Waals surface area contributed by atoms with Crippen molar-refractivity contribution in [3.63, 3.8) is 0 Å². The molecule has 0 bridgehead atoms. The minimum Gasteiger partial charge on any atom is -0.437 e. The van der Waals surface area contributed by atoms with Crippen LogP contribution in [0.2, 0.25) is 5.02 Å². The molecule has 88 valence electrons. The number of pyridine rings is 1. The molecule has 2 rings (SSSR count). The Morgan fingerprint density at radius 3 is 2.65 bits per heavy atom. The topological polar surface area (TPSA) is 22.1 Å². The van der Waals surface area contributed by atoms with E-state index in [4.69, 9.17) is 27.9 Å². The van der Waals surface area contributed by atoms with Gasteiger partial charge in [0, 0.05) is 18.1 Å². The van der Waals surface area contributed by atoms with Gasteiger partial charge in [-0.25, -0.2) is 9.37 Å². The van der Waals surface area contributed by atoms with Gasteiger partial charge in [-0.2, -0.15) is 0 Å². The summed E-state index contributed by atoms with van der Waals surface area (Å²) in [4.78, 5) is 4.05. The molecular formula is C12H8Cl2FNO. The third kappa shape index (κ3) is 3.08. The van der Waals surface area contributed by atoms with E-state index in [9.17, 15) is 4.39 Å². The molecule has 1 aromatic carbocycles. The molecule has 5 heteroatoms. The SMILES string of the molecule is Fc1ccc(Oc2ccc(CCl)cn2)c(Cl)c1. The predicted molar refractivity (Wildman–Crippen MR) is 65.3 cm³/mol. The number of halogens is 3. The lowest BCUT2D eigenvalue weighted by atomic mass is 10.3. The smallest absolute Gasteiger partial charge is 0.219 e. The van der Waals surface area contributed by atoms with Crippen molar-refractivity contribution in [1.29, 1.82) is 0 Å². The number of rotatable bonds is 3. The van der Waals surface area contributed by atoms with E-state index in [1.807, 2.05) is 0 Å². The van der Waals surface area contributed by atoms with E-state index in [-0.39, 0.29) is 5.02 Å². The van der Waals surface area contributed by atoms with Crippen molar-refractivity contribution in [3.05, 3.63) is 52.9 Å². The highest BCUT2D eigenvalue weighted by Gasteiger charge is 2.05. The largest absolute Gasteiger partial charge is 0.437 e. The molecule has 0 N–H and O–H groups in total. The van der Waals surface area contributed by atoms with Crippen LogP contribution in [0.5, 0.6) is 11.6 Å². The molecule has 0 atom stereocenters. The lowest BCUT2D eigenvalue weighted by Gasteiger charge is -2.06. The fraction of sp³-hybridized carbons (Fsp3) is 0.0833. The summed E-state index contributed by atoms with van der Waals surface area (Å²) in [5.41, 5.74) is 0.893. The summed E-state index contributed by atoms with van der Waals surface area (Å²) in [6, 6.07) is 7.39. The second kappa shape index (κ2) is 5.34. The minimum absolute atomic E-state index is 0.202. The van der Waals surface area contributed by atoms with Crippen LogP contribution in [0.3, 0.4) is 0 Å². The fourth-order valence-corrected chi connectivity index (χ4v) is 1.58. The van der Waals surface area contributed by atoms with Crippen LogP contribution in [0.4, 0.5) is 4.39 Å². The molecule has 0 aliphatic carbocycles. The maximum atomic E-state index is 12.8. The number of benzene rings is 1. The van der Waals surface area contributed by atoms with Gasteiger partial charge >= 0.3 is 0 Å². The molecule has 2 aromatic rings. The number of nitrogens with zero attached hydrogens (tertiary/aromatic N) is 1. The van der Waals surface area contributed by atoms with Crippen molar-refractivity contribution >= 4 is 23.2 Å². The van der Waals surface area contributed by atoms with E-state index < -0.39 is 5.82 Å². The van der Waals surface area contributed by atoms with E-state index in [2.05, 4.69) is 4.98 Å². The first-order valence-electron chi connectivity index (χ1n) is 4.83. The van der Waals surface area contributed by atoms with Crippen molar-refractivity contribution in [1.82, 2.24) is 4.98 Å². The summed E-state index contributed by atoms with van der Waals surface area (Å²) >= 11 is 11.5. The van der Waals surface area contributed by atoms with Crippen LogP contribution in [0, 0.1) is 5.82 Å². The molecule has 17 heavy (non-hydrogen) atoms. The summed E-state index contributed by atoms with van der Waals surface area (Å²) in [6.45, 7) is 0. The van der Waals surface area contributed by atoms with Crippen molar-refractivity contribution in [2.45, 2.75) is 5.88 Å². The van der Waals surface area contributed by atoms with Crippen LogP contribution in [0.25, 0.3) is 0 Å². The highest BCUT2D eigenvalue weighted by atomic mass is 35.5. The van der Waals surface area contributed by atoms with Gasteiger partial charge < -0.3 is 4.74 Å². The summed E-state index contributed by atoms with van der Waals surface area (Å²) in [7, 11) is 0. The third-order valence-electron chi connectivity index (χ3n) is 2.06. The van der Waals surface area contributed by atoms with Crippen LogP contribution in [-0.2, 0) is 5.88 Å².